The van der Waals surface area contributed by atoms with E-state index in [9.17, 15) is 0 Å². The number of nitrogens with zero attached hydrogens (tertiary/aromatic N) is 2. The minimum absolute atomic E-state index is 1.04. The fourth-order valence-electron chi connectivity index (χ4n) is 1.50. The Balaban J connectivity index is 2.65. The minimum atomic E-state index is 1.04. The summed E-state index contributed by atoms with van der Waals surface area (Å²) >= 11 is 1.74. The van der Waals surface area contributed by atoms with E-state index in [4.69, 9.17) is 0 Å². The molecular weight excluding hydrogens is 180 g/mol. The molecule has 13 heavy (non-hydrogen) atoms. The molecule has 0 N–H and O–H groups in total. The number of aromatic nitrogens is 2. The molecule has 0 fully saturated rings. The molecule has 3 aromatic heterocycles. The van der Waals surface area contributed by atoms with Crippen LogP contribution < -0.4 is 4.40 Å². The normalized spacial score (nSPS) is 11.1. The number of hydrogen-bond donors (Lipinski definition) is 0. The van der Waals surface area contributed by atoms with E-state index in [0.717, 1.165) is 5.52 Å². The molecule has 3 rings (SSSR count). The molecule has 3 heteroatoms. The van der Waals surface area contributed by atoms with E-state index >= 15 is 0 Å². The molecular formula is C10H7N2S+. The Morgan fingerprint density at radius 3 is 3.23 bits per heavy atom. The van der Waals surface area contributed by atoms with Crippen LogP contribution in [-0.2, 0) is 0 Å². The summed E-state index contributed by atoms with van der Waals surface area (Å²) in [6, 6.07) is 8.20. The summed E-state index contributed by atoms with van der Waals surface area (Å²) in [7, 11) is 0. The first-order valence-corrected chi connectivity index (χ1v) is 4.96. The van der Waals surface area contributed by atoms with Gasteiger partial charge in [0.05, 0.1) is 5.38 Å². The van der Waals surface area contributed by atoms with E-state index in [2.05, 4.69) is 39.2 Å². The molecule has 3 heterocycles. The first kappa shape index (κ1) is 6.97. The Morgan fingerprint density at radius 1 is 1.23 bits per heavy atom. The second-order valence-electron chi connectivity index (χ2n) is 2.85. The highest BCUT2D eigenvalue weighted by Crippen LogP contribution is 2.11. The van der Waals surface area contributed by atoms with Crippen LogP contribution in [0.5, 0.6) is 0 Å². The standard InChI is InChI=1S/C10H7N2S/c1-2-9-8(11-5-1)3-4-10-12(9)6-7-13-10/h1-7H/q+1. The topological polar surface area (TPSA) is 17.0 Å². The van der Waals surface area contributed by atoms with Gasteiger partial charge in [0, 0.05) is 18.3 Å². The SMILES string of the molecule is c1cnc2ccc3scc[n+]3c2c1. The van der Waals surface area contributed by atoms with Crippen LogP contribution in [0.4, 0.5) is 0 Å². The molecule has 2 nitrogen and oxygen atoms in total. The number of pyridine rings is 2. The van der Waals surface area contributed by atoms with E-state index in [1.807, 2.05) is 12.3 Å². The number of hydrogen-bond acceptors (Lipinski definition) is 2. The van der Waals surface area contributed by atoms with Gasteiger partial charge in [0.15, 0.2) is 6.20 Å². The third kappa shape index (κ3) is 0.939. The summed E-state index contributed by atoms with van der Waals surface area (Å²) in [5.74, 6) is 0. The van der Waals surface area contributed by atoms with Crippen LogP contribution in [-0.4, -0.2) is 4.98 Å². The molecule has 3 aromatic rings. The van der Waals surface area contributed by atoms with Crippen molar-refractivity contribution in [3.8, 4) is 0 Å². The molecule has 0 bridgehead atoms. The minimum Gasteiger partial charge on any atom is -0.250 e. The van der Waals surface area contributed by atoms with Crippen molar-refractivity contribution in [3.63, 3.8) is 0 Å². The Labute approximate surface area is 79.1 Å². The lowest BCUT2D eigenvalue weighted by Gasteiger charge is -1.90. The van der Waals surface area contributed by atoms with Crippen LogP contribution in [0.2, 0.25) is 0 Å². The van der Waals surface area contributed by atoms with Crippen LogP contribution >= 0.6 is 11.3 Å². The summed E-state index contributed by atoms with van der Waals surface area (Å²) in [5, 5.41) is 2.09. The fourth-order valence-corrected chi connectivity index (χ4v) is 2.24. The zero-order valence-corrected chi connectivity index (χ0v) is 7.66. The number of thiazole rings is 1. The molecule has 0 radical (unpaired) electrons. The quantitative estimate of drug-likeness (QED) is 0.492. The predicted octanol–water partition coefficient (Wildman–Crippen LogP) is 2.03. The summed E-state index contributed by atoms with van der Waals surface area (Å²) in [6.45, 7) is 0. The largest absolute Gasteiger partial charge is 0.267 e. The lowest BCUT2D eigenvalue weighted by atomic mass is 10.3. The molecule has 0 unspecified atom stereocenters. The van der Waals surface area contributed by atoms with Gasteiger partial charge >= 0.3 is 0 Å². The Hall–Kier alpha value is -1.48. The Morgan fingerprint density at radius 2 is 2.23 bits per heavy atom. The van der Waals surface area contributed by atoms with Gasteiger partial charge in [-0.25, -0.2) is 4.98 Å². The lowest BCUT2D eigenvalue weighted by molar-refractivity contribution is -0.476. The van der Waals surface area contributed by atoms with Gasteiger partial charge in [-0.15, -0.1) is 4.40 Å². The molecule has 0 saturated heterocycles. The van der Waals surface area contributed by atoms with Crippen LogP contribution in [0.1, 0.15) is 0 Å². The molecule has 0 atom stereocenters. The van der Waals surface area contributed by atoms with E-state index in [1.54, 1.807) is 11.3 Å². The summed E-state index contributed by atoms with van der Waals surface area (Å²) in [5.41, 5.74) is 2.21. The summed E-state index contributed by atoms with van der Waals surface area (Å²) in [6.07, 6.45) is 3.89. The van der Waals surface area contributed by atoms with Crippen molar-refractivity contribution in [1.29, 1.82) is 0 Å². The van der Waals surface area contributed by atoms with E-state index in [-0.39, 0.29) is 0 Å². The second kappa shape index (κ2) is 2.50. The first-order chi connectivity index (χ1) is 6.45. The van der Waals surface area contributed by atoms with Crippen LogP contribution in [0.15, 0.2) is 42.0 Å². The van der Waals surface area contributed by atoms with Gasteiger partial charge in [0.25, 0.3) is 4.83 Å². The molecule has 62 valence electrons. The van der Waals surface area contributed by atoms with Gasteiger partial charge in [0.1, 0.15) is 5.52 Å². The first-order valence-electron chi connectivity index (χ1n) is 4.08. The Bertz CT molecular complexity index is 571. The monoisotopic (exact) mass is 187 g/mol. The van der Waals surface area contributed by atoms with E-state index < -0.39 is 0 Å². The molecule has 0 aliphatic carbocycles. The maximum absolute atomic E-state index is 4.29. The third-order valence-electron chi connectivity index (χ3n) is 2.10. The average Bonchev–Trinajstić information content (AvgIpc) is 2.65. The highest BCUT2D eigenvalue weighted by molar-refractivity contribution is 7.14. The van der Waals surface area contributed by atoms with Crippen LogP contribution in [0, 0.1) is 0 Å². The van der Waals surface area contributed by atoms with E-state index in [0.29, 0.717) is 0 Å². The zero-order valence-electron chi connectivity index (χ0n) is 6.84. The number of fused-ring (bicyclic) bond motifs is 3. The van der Waals surface area contributed by atoms with Gasteiger partial charge < -0.3 is 0 Å². The van der Waals surface area contributed by atoms with Crippen molar-refractivity contribution in [3.05, 3.63) is 42.0 Å². The van der Waals surface area contributed by atoms with Crippen molar-refractivity contribution < 1.29 is 4.40 Å². The van der Waals surface area contributed by atoms with Gasteiger partial charge in [-0.3, -0.25) is 0 Å². The molecule has 0 saturated carbocycles. The Kier molecular flexibility index (Phi) is 1.34. The van der Waals surface area contributed by atoms with Crippen molar-refractivity contribution in [2.24, 2.45) is 0 Å². The number of rotatable bonds is 0. The fraction of sp³-hybridized carbons (Fsp3) is 0. The van der Waals surface area contributed by atoms with Gasteiger partial charge in [-0.1, -0.05) is 11.3 Å². The summed E-state index contributed by atoms with van der Waals surface area (Å²) in [4.78, 5) is 5.55. The lowest BCUT2D eigenvalue weighted by Crippen LogP contribution is -2.18. The van der Waals surface area contributed by atoms with E-state index in [1.165, 1.54) is 10.3 Å². The van der Waals surface area contributed by atoms with Gasteiger partial charge in [-0.2, -0.15) is 0 Å². The highest BCUT2D eigenvalue weighted by Gasteiger charge is 2.08. The molecule has 0 aliphatic heterocycles. The molecule has 0 spiro atoms. The van der Waals surface area contributed by atoms with Gasteiger partial charge in [0.2, 0.25) is 5.52 Å². The van der Waals surface area contributed by atoms with Crippen molar-refractivity contribution in [2.45, 2.75) is 0 Å². The predicted molar refractivity (Wildman–Crippen MR) is 52.8 cm³/mol. The van der Waals surface area contributed by atoms with Crippen molar-refractivity contribution >= 4 is 27.2 Å². The van der Waals surface area contributed by atoms with Crippen LogP contribution in [0.3, 0.4) is 0 Å². The molecule has 0 aromatic carbocycles. The second-order valence-corrected chi connectivity index (χ2v) is 3.78. The molecule has 0 aliphatic rings. The average molecular weight is 187 g/mol. The van der Waals surface area contributed by atoms with Crippen LogP contribution in [0.25, 0.3) is 15.9 Å². The smallest absolute Gasteiger partial charge is 0.250 e. The maximum Gasteiger partial charge on any atom is 0.267 e. The van der Waals surface area contributed by atoms with Crippen molar-refractivity contribution in [2.75, 3.05) is 0 Å². The van der Waals surface area contributed by atoms with Gasteiger partial charge in [-0.05, 0) is 12.1 Å². The highest BCUT2D eigenvalue weighted by atomic mass is 32.1. The summed E-state index contributed by atoms with van der Waals surface area (Å²) < 4.78 is 2.16. The zero-order chi connectivity index (χ0) is 8.67. The molecule has 0 amide bonds. The maximum atomic E-state index is 4.29. The third-order valence-corrected chi connectivity index (χ3v) is 2.93. The van der Waals surface area contributed by atoms with Crippen molar-refractivity contribution in [1.82, 2.24) is 4.98 Å².